The van der Waals surface area contributed by atoms with Gasteiger partial charge in [0, 0.05) is 11.3 Å². The van der Waals surface area contributed by atoms with E-state index in [2.05, 4.69) is 5.32 Å². The summed E-state index contributed by atoms with van der Waals surface area (Å²) in [7, 11) is 0. The van der Waals surface area contributed by atoms with Gasteiger partial charge in [0.1, 0.15) is 0 Å². The summed E-state index contributed by atoms with van der Waals surface area (Å²) in [5.41, 5.74) is 7.63. The van der Waals surface area contributed by atoms with Crippen LogP contribution in [0.1, 0.15) is 30.9 Å². The molecule has 0 unspecified atom stereocenters. The van der Waals surface area contributed by atoms with Gasteiger partial charge in [0.05, 0.1) is 12.1 Å². The number of benzene rings is 1. The van der Waals surface area contributed by atoms with E-state index >= 15 is 0 Å². The number of nitrogen functional groups attached to an aromatic ring is 1. The van der Waals surface area contributed by atoms with Crippen LogP contribution in [0, 0.1) is 5.82 Å². The van der Waals surface area contributed by atoms with E-state index < -0.39 is 0 Å². The molecule has 0 aromatic heterocycles. The lowest BCUT2D eigenvalue weighted by molar-refractivity contribution is -0.115. The van der Waals surface area contributed by atoms with Gasteiger partial charge < -0.3 is 11.1 Å². The van der Waals surface area contributed by atoms with Crippen molar-refractivity contribution in [2.75, 3.05) is 11.1 Å². The van der Waals surface area contributed by atoms with Gasteiger partial charge in [-0.05, 0) is 17.5 Å². The van der Waals surface area contributed by atoms with Crippen molar-refractivity contribution in [1.29, 1.82) is 0 Å². The van der Waals surface area contributed by atoms with Crippen molar-refractivity contribution in [2.24, 2.45) is 0 Å². The van der Waals surface area contributed by atoms with Crippen LogP contribution in [0.25, 0.3) is 0 Å². The number of nitrogens with two attached hydrogens (primary N) is 1. The number of anilines is 2. The van der Waals surface area contributed by atoms with Gasteiger partial charge in [-0.25, -0.2) is 4.39 Å². The Kier molecular flexibility index (Phi) is 2.14. The summed E-state index contributed by atoms with van der Waals surface area (Å²) in [4.78, 5) is 11.1. The molecular weight excluding hydrogens is 195 g/mol. The number of amides is 1. The van der Waals surface area contributed by atoms with Gasteiger partial charge in [-0.15, -0.1) is 0 Å². The number of hydrogen-bond acceptors (Lipinski definition) is 2. The molecule has 0 radical (unpaired) electrons. The zero-order valence-corrected chi connectivity index (χ0v) is 8.73. The third-order valence-corrected chi connectivity index (χ3v) is 2.61. The summed E-state index contributed by atoms with van der Waals surface area (Å²) in [6.07, 6.45) is 0.217. The SMILES string of the molecule is CC(C)c1c(N)cc2c(c1F)NC(=O)C2. The second-order valence-corrected chi connectivity index (χ2v) is 4.11. The third kappa shape index (κ3) is 1.46. The molecule has 0 spiro atoms. The third-order valence-electron chi connectivity index (χ3n) is 2.61. The van der Waals surface area contributed by atoms with Crippen molar-refractivity contribution in [1.82, 2.24) is 0 Å². The Hall–Kier alpha value is -1.58. The summed E-state index contributed by atoms with van der Waals surface area (Å²) in [6.45, 7) is 3.75. The van der Waals surface area contributed by atoms with Crippen LogP contribution in [0.4, 0.5) is 15.8 Å². The molecule has 1 heterocycles. The fourth-order valence-electron chi connectivity index (χ4n) is 1.96. The summed E-state index contributed by atoms with van der Waals surface area (Å²) < 4.78 is 14.0. The van der Waals surface area contributed by atoms with Gasteiger partial charge in [0.2, 0.25) is 5.91 Å². The maximum atomic E-state index is 14.0. The Balaban J connectivity index is 2.63. The minimum absolute atomic E-state index is 0.00722. The number of carbonyl (C=O) groups is 1. The van der Waals surface area contributed by atoms with Crippen LogP contribution in [0.15, 0.2) is 6.07 Å². The monoisotopic (exact) mass is 208 g/mol. The highest BCUT2D eigenvalue weighted by molar-refractivity contribution is 6.00. The zero-order chi connectivity index (χ0) is 11.2. The molecule has 1 aliphatic heterocycles. The lowest BCUT2D eigenvalue weighted by Crippen LogP contribution is -2.06. The largest absolute Gasteiger partial charge is 0.398 e. The lowest BCUT2D eigenvalue weighted by atomic mass is 9.97. The fraction of sp³-hybridized carbons (Fsp3) is 0.364. The van der Waals surface area contributed by atoms with Crippen LogP contribution < -0.4 is 11.1 Å². The predicted molar refractivity (Wildman–Crippen MR) is 57.2 cm³/mol. The molecule has 0 saturated heterocycles. The van der Waals surface area contributed by atoms with Crippen molar-refractivity contribution in [2.45, 2.75) is 26.2 Å². The van der Waals surface area contributed by atoms with Crippen molar-refractivity contribution in [3.8, 4) is 0 Å². The van der Waals surface area contributed by atoms with Gasteiger partial charge >= 0.3 is 0 Å². The second kappa shape index (κ2) is 3.22. The van der Waals surface area contributed by atoms with Gasteiger partial charge in [0.15, 0.2) is 5.82 Å². The van der Waals surface area contributed by atoms with E-state index in [4.69, 9.17) is 5.73 Å². The van der Waals surface area contributed by atoms with Gasteiger partial charge in [-0.1, -0.05) is 13.8 Å². The Morgan fingerprint density at radius 1 is 1.53 bits per heavy atom. The molecule has 0 atom stereocenters. The maximum Gasteiger partial charge on any atom is 0.228 e. The molecule has 0 fully saturated rings. The summed E-state index contributed by atoms with van der Waals surface area (Å²) in [5, 5.41) is 2.52. The summed E-state index contributed by atoms with van der Waals surface area (Å²) in [5.74, 6) is -0.553. The Labute approximate surface area is 87.5 Å². The normalized spacial score (nSPS) is 14.3. The van der Waals surface area contributed by atoms with E-state index in [-0.39, 0.29) is 24.1 Å². The molecule has 80 valence electrons. The number of hydrogen-bond donors (Lipinski definition) is 2. The first kappa shape index (κ1) is 9.96. The quantitative estimate of drug-likeness (QED) is 0.694. The first-order chi connectivity index (χ1) is 7.00. The van der Waals surface area contributed by atoms with E-state index in [9.17, 15) is 9.18 Å². The number of carbonyl (C=O) groups excluding carboxylic acids is 1. The Morgan fingerprint density at radius 3 is 2.80 bits per heavy atom. The molecule has 1 aromatic rings. The van der Waals surface area contributed by atoms with Gasteiger partial charge in [-0.3, -0.25) is 4.79 Å². The molecular formula is C11H13FN2O. The second-order valence-electron chi connectivity index (χ2n) is 4.11. The van der Waals surface area contributed by atoms with E-state index in [1.54, 1.807) is 6.07 Å². The van der Waals surface area contributed by atoms with Gasteiger partial charge in [-0.2, -0.15) is 0 Å². The molecule has 1 aromatic carbocycles. The molecule has 0 bridgehead atoms. The average molecular weight is 208 g/mol. The van der Waals surface area contributed by atoms with Crippen LogP contribution in [0.3, 0.4) is 0 Å². The molecule has 15 heavy (non-hydrogen) atoms. The maximum absolute atomic E-state index is 14.0. The van der Waals surface area contributed by atoms with Crippen molar-refractivity contribution in [3.05, 3.63) is 23.0 Å². The topological polar surface area (TPSA) is 55.1 Å². The van der Waals surface area contributed by atoms with E-state index in [1.165, 1.54) is 0 Å². The van der Waals surface area contributed by atoms with Crippen molar-refractivity contribution in [3.63, 3.8) is 0 Å². The lowest BCUT2D eigenvalue weighted by Gasteiger charge is -2.13. The van der Waals surface area contributed by atoms with Crippen LogP contribution in [-0.2, 0) is 11.2 Å². The van der Waals surface area contributed by atoms with Crippen molar-refractivity contribution >= 4 is 17.3 Å². The van der Waals surface area contributed by atoms with E-state index in [0.717, 1.165) is 0 Å². The summed E-state index contributed by atoms with van der Waals surface area (Å²) in [6, 6.07) is 1.69. The zero-order valence-electron chi connectivity index (χ0n) is 8.73. The Bertz CT molecular complexity index is 441. The number of fused-ring (bicyclic) bond motifs is 1. The molecule has 1 amide bonds. The smallest absolute Gasteiger partial charge is 0.228 e. The van der Waals surface area contributed by atoms with Crippen LogP contribution in [0.5, 0.6) is 0 Å². The van der Waals surface area contributed by atoms with E-state index in [0.29, 0.717) is 22.5 Å². The van der Waals surface area contributed by atoms with E-state index in [1.807, 2.05) is 13.8 Å². The number of halogens is 1. The fourth-order valence-corrected chi connectivity index (χ4v) is 1.96. The highest BCUT2D eigenvalue weighted by Gasteiger charge is 2.25. The minimum atomic E-state index is -0.383. The first-order valence-corrected chi connectivity index (χ1v) is 4.91. The Morgan fingerprint density at radius 2 is 2.20 bits per heavy atom. The molecule has 3 N–H and O–H groups in total. The van der Waals surface area contributed by atoms with Crippen LogP contribution >= 0.6 is 0 Å². The number of rotatable bonds is 1. The van der Waals surface area contributed by atoms with Crippen molar-refractivity contribution < 1.29 is 9.18 Å². The molecule has 0 aliphatic carbocycles. The highest BCUT2D eigenvalue weighted by Crippen LogP contribution is 2.35. The minimum Gasteiger partial charge on any atom is -0.398 e. The average Bonchev–Trinajstić information content (AvgIpc) is 2.45. The highest BCUT2D eigenvalue weighted by atomic mass is 19.1. The van der Waals surface area contributed by atoms with Crippen LogP contribution in [0.2, 0.25) is 0 Å². The molecule has 3 nitrogen and oxygen atoms in total. The van der Waals surface area contributed by atoms with Gasteiger partial charge in [0.25, 0.3) is 0 Å². The molecule has 4 heteroatoms. The predicted octanol–water partition coefficient (Wildman–Crippen LogP) is 2.03. The number of nitrogens with one attached hydrogen (secondary N) is 1. The summed E-state index contributed by atoms with van der Waals surface area (Å²) >= 11 is 0. The molecule has 1 aliphatic rings. The van der Waals surface area contributed by atoms with Crippen LogP contribution in [-0.4, -0.2) is 5.91 Å². The molecule has 0 saturated carbocycles. The first-order valence-electron chi connectivity index (χ1n) is 4.91. The standard InChI is InChI=1S/C11H13FN2O/c1-5(2)9-7(13)3-6-4-8(15)14-11(6)10(9)12/h3,5H,4,13H2,1-2H3,(H,14,15). The molecule has 2 rings (SSSR count).